The number of hydrogen-bond donors (Lipinski definition) is 8. The number of rotatable bonds is 17. The molecule has 8 N–H and O–H groups in total. The van der Waals surface area contributed by atoms with Gasteiger partial charge < -0.3 is 20.1 Å². The third kappa shape index (κ3) is 11.6. The van der Waals surface area contributed by atoms with Gasteiger partial charge >= 0.3 is 0 Å². The van der Waals surface area contributed by atoms with Gasteiger partial charge in [-0.25, -0.2) is 4.98 Å². The molecule has 0 aliphatic heterocycles. The summed E-state index contributed by atoms with van der Waals surface area (Å²) in [6.07, 6.45) is 0.783. The average Bonchev–Trinajstić information content (AvgIpc) is 3.91. The van der Waals surface area contributed by atoms with E-state index in [0.717, 1.165) is 58.6 Å². The van der Waals surface area contributed by atoms with Crippen LogP contribution in [0.1, 0.15) is 17.5 Å². The lowest BCUT2D eigenvalue weighted by atomic mass is 10.1. The SMILES string of the molecule is Cc1cc(N=Nc2ccc3c(S(=O)(=O)O)c(N=Nc4cnn(-c5ccc6c(S(=O)(=O)O)cc(S(=O)(=O)O)cc6c5)c4O)ccc3c2O)c(OCCCS(=O)(=O)O)cc1N=Nc1nc2ccc(CO)c(S(=O)(=O)O)c2s1. The molecule has 8 rings (SSSR count). The van der Waals surface area contributed by atoms with Crippen molar-refractivity contribution in [1.29, 1.82) is 0 Å². The number of aromatic hydroxyl groups is 2. The zero-order chi connectivity index (χ0) is 54.6. The number of aryl methyl sites for hydroxylation is 1. The van der Waals surface area contributed by atoms with Crippen LogP contribution in [0.25, 0.3) is 37.4 Å². The van der Waals surface area contributed by atoms with Crippen molar-refractivity contribution in [1.82, 2.24) is 14.8 Å². The normalized spacial score (nSPS) is 13.2. The van der Waals surface area contributed by atoms with Gasteiger partial charge in [0.15, 0.2) is 11.4 Å². The van der Waals surface area contributed by atoms with Crippen LogP contribution in [0.3, 0.4) is 0 Å². The Balaban J connectivity index is 1.10. The molecule has 0 unspecified atom stereocenters. The van der Waals surface area contributed by atoms with Gasteiger partial charge in [-0.15, -0.1) is 30.7 Å². The summed E-state index contributed by atoms with van der Waals surface area (Å²) in [4.78, 5) is 1.11. The fourth-order valence-corrected chi connectivity index (χ4v) is 12.1. The molecule has 75 heavy (non-hydrogen) atoms. The maximum Gasteiger partial charge on any atom is 0.297 e. The van der Waals surface area contributed by atoms with Gasteiger partial charge in [0.2, 0.25) is 11.0 Å². The zero-order valence-corrected chi connectivity index (χ0v) is 42.4. The first kappa shape index (κ1) is 53.9. The monoisotopic (exact) mass is 1150 g/mol. The summed E-state index contributed by atoms with van der Waals surface area (Å²) in [5, 5.41) is 59.5. The number of nitrogens with zero attached hydrogens (tertiary/aromatic N) is 9. The Kier molecular flexibility index (Phi) is 14.4. The molecule has 0 aliphatic rings. The van der Waals surface area contributed by atoms with E-state index in [4.69, 9.17) is 4.74 Å². The summed E-state index contributed by atoms with van der Waals surface area (Å²) in [6.45, 7) is 0.590. The molecule has 392 valence electrons. The topological polar surface area (TPSA) is 447 Å². The minimum absolute atomic E-state index is 0.00354. The molecule has 0 aliphatic carbocycles. The minimum Gasteiger partial charge on any atom is -0.505 e. The van der Waals surface area contributed by atoms with E-state index in [-0.39, 0.29) is 84.0 Å². The van der Waals surface area contributed by atoms with Crippen LogP contribution in [0.5, 0.6) is 17.4 Å². The molecular weight excluding hydrogens is 1110 g/mol. The second-order valence-electron chi connectivity index (χ2n) is 15.7. The molecule has 0 amide bonds. The van der Waals surface area contributed by atoms with Gasteiger partial charge in [0.05, 0.1) is 51.7 Å². The van der Waals surface area contributed by atoms with Gasteiger partial charge in [-0.3, -0.25) is 22.8 Å². The van der Waals surface area contributed by atoms with Crippen molar-refractivity contribution in [2.24, 2.45) is 30.7 Å². The first-order chi connectivity index (χ1) is 35.0. The molecule has 0 saturated heterocycles. The Morgan fingerprint density at radius 2 is 1.27 bits per heavy atom. The number of benzene rings is 6. The highest BCUT2D eigenvalue weighted by molar-refractivity contribution is 7.87. The molecule has 0 spiro atoms. The molecular formula is C41H33N9O19S6. The number of azo groups is 3. The molecule has 0 atom stereocenters. The number of fused-ring (bicyclic) bond motifs is 3. The van der Waals surface area contributed by atoms with Crippen LogP contribution in [0.15, 0.2) is 135 Å². The Morgan fingerprint density at radius 1 is 0.627 bits per heavy atom. The summed E-state index contributed by atoms with van der Waals surface area (Å²) in [5.74, 6) is -2.12. The molecule has 0 radical (unpaired) electrons. The summed E-state index contributed by atoms with van der Waals surface area (Å²) in [5.41, 5.74) is -0.631. The van der Waals surface area contributed by atoms with Crippen molar-refractivity contribution < 1.29 is 84.9 Å². The van der Waals surface area contributed by atoms with E-state index in [1.165, 1.54) is 36.4 Å². The minimum atomic E-state index is -5.18. The first-order valence-electron chi connectivity index (χ1n) is 20.6. The highest BCUT2D eigenvalue weighted by atomic mass is 32.2. The number of phenolic OH excluding ortho intramolecular Hbond substituents is 1. The third-order valence-electron chi connectivity index (χ3n) is 10.6. The smallest absolute Gasteiger partial charge is 0.297 e. The predicted octanol–water partition coefficient (Wildman–Crippen LogP) is 7.89. The molecule has 0 bridgehead atoms. The van der Waals surface area contributed by atoms with Crippen LogP contribution in [0, 0.1) is 6.92 Å². The van der Waals surface area contributed by atoms with E-state index in [0.29, 0.717) is 11.6 Å². The summed E-state index contributed by atoms with van der Waals surface area (Å²) >= 11 is 0.751. The number of ether oxygens (including phenoxy) is 1. The van der Waals surface area contributed by atoms with Crippen LogP contribution >= 0.6 is 11.3 Å². The van der Waals surface area contributed by atoms with Crippen molar-refractivity contribution in [2.75, 3.05) is 12.4 Å². The number of hydrogen-bond acceptors (Lipinski definition) is 23. The van der Waals surface area contributed by atoms with Crippen molar-refractivity contribution in [3.8, 4) is 23.1 Å². The highest BCUT2D eigenvalue weighted by Crippen LogP contribution is 2.44. The van der Waals surface area contributed by atoms with Crippen molar-refractivity contribution in [2.45, 2.75) is 39.5 Å². The fraction of sp³-hybridized carbons (Fsp3) is 0.122. The van der Waals surface area contributed by atoms with Gasteiger partial charge in [0.25, 0.3) is 50.6 Å². The Labute approximate surface area is 426 Å². The molecule has 0 saturated carbocycles. The molecule has 34 heteroatoms. The second-order valence-corrected chi connectivity index (χ2v) is 23.8. The lowest BCUT2D eigenvalue weighted by Crippen LogP contribution is -2.08. The number of phenols is 1. The van der Waals surface area contributed by atoms with Gasteiger partial charge in [-0.1, -0.05) is 29.5 Å². The van der Waals surface area contributed by atoms with Crippen molar-refractivity contribution >= 4 is 127 Å². The van der Waals surface area contributed by atoms with E-state index in [2.05, 4.69) is 40.8 Å². The standard InChI is InChI=1S/C41H33N9O19S6/c1-20-13-32(34(69-11-2-12-71(54,55)56)17-31(20)46-49-41-43-29-8-3-21(19-51)38(37(29)70-41)74(63,64)65)47-44-28-9-7-27-26(36(28)52)6-10-30(39(27)75(66,67)68)45-48-33-18-42-50(40(33)53)23-4-5-25-22(14-23)15-24(72(57,58)59)16-35(25)73(60,61)62/h3-10,13-18,51-53H,2,11-12,19H2,1H3,(H,54,55,56)(H,57,58,59)(H,60,61,62)(H,63,64,65)(H,66,67,68). The maximum absolute atomic E-state index is 12.9. The maximum atomic E-state index is 12.9. The number of thiazole rings is 1. The quantitative estimate of drug-likeness (QED) is 0.0244. The number of aromatic nitrogens is 3. The average molecular weight is 1150 g/mol. The number of aliphatic hydroxyl groups is 1. The van der Waals surface area contributed by atoms with Crippen LogP contribution in [-0.4, -0.2) is 107 Å². The first-order valence-corrected chi connectivity index (χ1v) is 28.8. The van der Waals surface area contributed by atoms with E-state index >= 15 is 0 Å². The molecule has 2 heterocycles. The lowest BCUT2D eigenvalue weighted by Gasteiger charge is -2.11. The molecule has 6 aromatic carbocycles. The second kappa shape index (κ2) is 20.1. The van der Waals surface area contributed by atoms with Crippen molar-refractivity contribution in [3.63, 3.8) is 0 Å². The Morgan fingerprint density at radius 3 is 1.93 bits per heavy atom. The van der Waals surface area contributed by atoms with Gasteiger partial charge in [0, 0.05) is 27.8 Å². The largest absolute Gasteiger partial charge is 0.505 e. The highest BCUT2D eigenvalue weighted by Gasteiger charge is 2.26. The summed E-state index contributed by atoms with van der Waals surface area (Å²) in [6, 6.07) is 14.9. The van der Waals surface area contributed by atoms with Crippen molar-refractivity contribution in [3.05, 3.63) is 96.2 Å². The summed E-state index contributed by atoms with van der Waals surface area (Å²) in [7, 11) is -24.3. The van der Waals surface area contributed by atoms with Crippen LogP contribution < -0.4 is 4.74 Å². The Bertz CT molecular complexity index is 4370. The molecule has 8 aromatic rings. The van der Waals surface area contributed by atoms with E-state index in [1.807, 2.05) is 0 Å². The number of aliphatic hydroxyl groups excluding tert-OH is 1. The van der Waals surface area contributed by atoms with Crippen LogP contribution in [-0.2, 0) is 57.2 Å². The van der Waals surface area contributed by atoms with Crippen LogP contribution in [0.2, 0.25) is 0 Å². The van der Waals surface area contributed by atoms with E-state index in [1.54, 1.807) is 6.92 Å². The van der Waals surface area contributed by atoms with Crippen LogP contribution in [0.4, 0.5) is 33.6 Å². The zero-order valence-electron chi connectivity index (χ0n) is 37.5. The third-order valence-corrected chi connectivity index (χ3v) is 16.2. The molecule has 0 fully saturated rings. The predicted molar refractivity (Wildman–Crippen MR) is 263 cm³/mol. The molecule has 2 aromatic heterocycles. The fourth-order valence-electron chi connectivity index (χ4n) is 7.30. The lowest BCUT2D eigenvalue weighted by molar-refractivity contribution is 0.278. The molecule has 28 nitrogen and oxygen atoms in total. The summed E-state index contributed by atoms with van der Waals surface area (Å²) < 4.78 is 176. The van der Waals surface area contributed by atoms with Gasteiger partial charge in [0.1, 0.15) is 37.5 Å². The van der Waals surface area contributed by atoms with E-state index in [9.17, 15) is 80.2 Å². The van der Waals surface area contributed by atoms with Gasteiger partial charge in [-0.05, 0) is 78.9 Å². The van der Waals surface area contributed by atoms with E-state index < -0.39 is 106 Å². The Hall–Kier alpha value is -7.35. The van der Waals surface area contributed by atoms with Gasteiger partial charge in [-0.2, -0.15) is 51.9 Å².